The van der Waals surface area contributed by atoms with E-state index in [4.69, 9.17) is 9.72 Å². The number of carbonyl (C=O) groups is 1. The van der Waals surface area contributed by atoms with E-state index in [1.807, 2.05) is 43.5 Å². The van der Waals surface area contributed by atoms with Crippen LogP contribution in [0, 0.1) is 13.8 Å². The van der Waals surface area contributed by atoms with Crippen LogP contribution in [-0.4, -0.2) is 54.5 Å². The van der Waals surface area contributed by atoms with Crippen molar-refractivity contribution in [1.82, 2.24) is 13.9 Å². The van der Waals surface area contributed by atoms with Crippen LogP contribution < -0.4 is 5.32 Å². The van der Waals surface area contributed by atoms with Gasteiger partial charge < -0.3 is 14.6 Å². The summed E-state index contributed by atoms with van der Waals surface area (Å²) in [5.74, 6) is 0.697. The number of fused-ring (bicyclic) bond motifs is 1. The minimum atomic E-state index is -3.59. The van der Waals surface area contributed by atoms with E-state index in [9.17, 15) is 13.2 Å². The molecule has 1 aromatic heterocycles. The topological polar surface area (TPSA) is 93.5 Å². The number of nitrogens with one attached hydrogen (secondary N) is 1. The van der Waals surface area contributed by atoms with Crippen LogP contribution in [0.1, 0.15) is 30.3 Å². The molecule has 1 saturated heterocycles. The van der Waals surface area contributed by atoms with Gasteiger partial charge in [0.2, 0.25) is 15.9 Å². The third-order valence-electron chi connectivity index (χ3n) is 6.04. The number of imidazole rings is 1. The molecule has 176 valence electrons. The van der Waals surface area contributed by atoms with Crippen LogP contribution in [0.3, 0.4) is 0 Å². The minimum Gasteiger partial charge on any atom is -0.379 e. The Kier molecular flexibility index (Phi) is 6.83. The summed E-state index contributed by atoms with van der Waals surface area (Å²) in [5.41, 5.74) is 4.39. The van der Waals surface area contributed by atoms with E-state index in [1.165, 1.54) is 4.31 Å². The fraction of sp³-hybridized carbons (Fsp3) is 0.417. The van der Waals surface area contributed by atoms with Crippen molar-refractivity contribution >= 4 is 32.7 Å². The van der Waals surface area contributed by atoms with E-state index in [0.29, 0.717) is 44.8 Å². The first-order valence-electron chi connectivity index (χ1n) is 11.2. The maximum Gasteiger partial charge on any atom is 0.243 e. The van der Waals surface area contributed by atoms with Gasteiger partial charge in [0.1, 0.15) is 5.82 Å². The van der Waals surface area contributed by atoms with Crippen LogP contribution in [0.2, 0.25) is 0 Å². The molecule has 0 aliphatic carbocycles. The van der Waals surface area contributed by atoms with Crippen molar-refractivity contribution in [3.05, 3.63) is 53.3 Å². The number of amides is 1. The molecular weight excluding hydrogens is 440 g/mol. The lowest BCUT2D eigenvalue weighted by Gasteiger charge is -2.26. The van der Waals surface area contributed by atoms with Crippen molar-refractivity contribution in [3.63, 3.8) is 0 Å². The maximum absolute atomic E-state index is 13.0. The Labute approximate surface area is 194 Å². The molecule has 1 fully saturated rings. The third-order valence-corrected chi connectivity index (χ3v) is 7.94. The molecule has 3 aromatic rings. The van der Waals surface area contributed by atoms with Gasteiger partial charge in [-0.15, -0.1) is 0 Å². The van der Waals surface area contributed by atoms with Gasteiger partial charge in [-0.05, 0) is 50.1 Å². The van der Waals surface area contributed by atoms with Gasteiger partial charge in [-0.1, -0.05) is 18.2 Å². The average Bonchev–Trinajstić information content (AvgIpc) is 3.17. The number of rotatable bonds is 7. The molecule has 0 unspecified atom stereocenters. The van der Waals surface area contributed by atoms with E-state index >= 15 is 0 Å². The Hall–Kier alpha value is -2.75. The normalized spacial score (nSPS) is 15.1. The molecule has 0 saturated carbocycles. The smallest absolute Gasteiger partial charge is 0.243 e. The number of anilines is 1. The summed E-state index contributed by atoms with van der Waals surface area (Å²) in [5, 5.41) is 3.01. The van der Waals surface area contributed by atoms with Crippen molar-refractivity contribution < 1.29 is 17.9 Å². The fourth-order valence-corrected chi connectivity index (χ4v) is 5.67. The van der Waals surface area contributed by atoms with E-state index in [0.717, 1.165) is 28.2 Å². The first-order chi connectivity index (χ1) is 15.8. The van der Waals surface area contributed by atoms with Crippen LogP contribution in [0.25, 0.3) is 11.0 Å². The quantitative estimate of drug-likeness (QED) is 0.572. The number of aromatic nitrogens is 2. The number of para-hydroxylation sites is 1. The Bertz CT molecular complexity index is 1260. The van der Waals surface area contributed by atoms with Gasteiger partial charge in [-0.3, -0.25) is 4.79 Å². The standard InChI is InChI=1S/C24H30N4O4S/c1-4-28-21-9-8-19(33(30,31)27-12-14-32-15-13-27)16-20(21)25-22(28)10-11-23(29)26-24-17(2)6-5-7-18(24)3/h5-9,16H,4,10-15H2,1-3H3,(H,26,29). The SMILES string of the molecule is CCn1c(CCC(=O)Nc2c(C)cccc2C)nc2cc(S(=O)(=O)N3CCOCC3)ccc21. The van der Waals surface area contributed by atoms with E-state index in [2.05, 4.69) is 5.32 Å². The molecule has 1 aliphatic rings. The number of morpholine rings is 1. The Balaban J connectivity index is 1.54. The zero-order valence-corrected chi connectivity index (χ0v) is 20.1. The predicted octanol–water partition coefficient (Wildman–Crippen LogP) is 3.27. The van der Waals surface area contributed by atoms with Crippen LogP contribution in [0.15, 0.2) is 41.3 Å². The maximum atomic E-state index is 13.0. The molecule has 1 amide bonds. The molecule has 0 bridgehead atoms. The highest BCUT2D eigenvalue weighted by molar-refractivity contribution is 7.89. The molecular formula is C24H30N4O4S. The molecule has 0 radical (unpaired) electrons. The van der Waals surface area contributed by atoms with Crippen LogP contribution in [0.5, 0.6) is 0 Å². The Morgan fingerprint density at radius 2 is 1.82 bits per heavy atom. The van der Waals surface area contributed by atoms with E-state index in [-0.39, 0.29) is 17.2 Å². The van der Waals surface area contributed by atoms with Gasteiger partial charge >= 0.3 is 0 Å². The summed E-state index contributed by atoms with van der Waals surface area (Å²) >= 11 is 0. The number of ether oxygens (including phenoxy) is 1. The summed E-state index contributed by atoms with van der Waals surface area (Å²) in [6.45, 7) is 8.15. The van der Waals surface area contributed by atoms with Gasteiger partial charge in [-0.25, -0.2) is 13.4 Å². The number of benzene rings is 2. The van der Waals surface area contributed by atoms with E-state index in [1.54, 1.807) is 18.2 Å². The zero-order chi connectivity index (χ0) is 23.6. The number of nitrogens with zero attached hydrogens (tertiary/aromatic N) is 3. The first-order valence-corrected chi connectivity index (χ1v) is 12.7. The lowest BCUT2D eigenvalue weighted by Crippen LogP contribution is -2.40. The highest BCUT2D eigenvalue weighted by Gasteiger charge is 2.27. The molecule has 0 atom stereocenters. The van der Waals surface area contributed by atoms with Crippen LogP contribution >= 0.6 is 0 Å². The number of carbonyl (C=O) groups excluding carboxylic acids is 1. The number of hydrogen-bond donors (Lipinski definition) is 1. The van der Waals surface area contributed by atoms with Gasteiger partial charge in [0, 0.05) is 38.2 Å². The van der Waals surface area contributed by atoms with Gasteiger partial charge in [0.15, 0.2) is 0 Å². The highest BCUT2D eigenvalue weighted by Crippen LogP contribution is 2.25. The number of aryl methyl sites for hydroxylation is 4. The predicted molar refractivity (Wildman–Crippen MR) is 128 cm³/mol. The average molecular weight is 471 g/mol. The summed E-state index contributed by atoms with van der Waals surface area (Å²) in [6.07, 6.45) is 0.751. The Morgan fingerprint density at radius 1 is 1.12 bits per heavy atom. The molecule has 2 heterocycles. The number of sulfonamides is 1. The van der Waals surface area contributed by atoms with Crippen molar-refractivity contribution in [2.24, 2.45) is 0 Å². The first kappa shape index (κ1) is 23.4. The van der Waals surface area contributed by atoms with Crippen LogP contribution in [-0.2, 0) is 32.5 Å². The van der Waals surface area contributed by atoms with E-state index < -0.39 is 10.0 Å². The van der Waals surface area contributed by atoms with Gasteiger partial charge in [-0.2, -0.15) is 4.31 Å². The monoisotopic (exact) mass is 470 g/mol. The molecule has 9 heteroatoms. The fourth-order valence-electron chi connectivity index (χ4n) is 4.24. The second kappa shape index (κ2) is 9.62. The lowest BCUT2D eigenvalue weighted by molar-refractivity contribution is -0.116. The zero-order valence-electron chi connectivity index (χ0n) is 19.3. The van der Waals surface area contributed by atoms with Gasteiger partial charge in [0.25, 0.3) is 0 Å². The molecule has 1 aliphatic heterocycles. The summed E-state index contributed by atoms with van der Waals surface area (Å²) in [7, 11) is -3.59. The molecule has 33 heavy (non-hydrogen) atoms. The van der Waals surface area contributed by atoms with Crippen molar-refractivity contribution in [2.45, 2.75) is 45.1 Å². The molecule has 4 rings (SSSR count). The molecule has 1 N–H and O–H groups in total. The Morgan fingerprint density at radius 3 is 2.48 bits per heavy atom. The summed E-state index contributed by atoms with van der Waals surface area (Å²) in [4.78, 5) is 17.5. The molecule has 2 aromatic carbocycles. The largest absolute Gasteiger partial charge is 0.379 e. The van der Waals surface area contributed by atoms with Crippen molar-refractivity contribution in [1.29, 1.82) is 0 Å². The van der Waals surface area contributed by atoms with Crippen molar-refractivity contribution in [3.8, 4) is 0 Å². The summed E-state index contributed by atoms with van der Waals surface area (Å²) < 4.78 is 34.8. The number of hydrogen-bond acceptors (Lipinski definition) is 5. The second-order valence-electron chi connectivity index (χ2n) is 8.25. The lowest BCUT2D eigenvalue weighted by atomic mass is 10.1. The van der Waals surface area contributed by atoms with Crippen LogP contribution in [0.4, 0.5) is 5.69 Å². The van der Waals surface area contributed by atoms with Crippen molar-refractivity contribution in [2.75, 3.05) is 31.6 Å². The molecule has 8 nitrogen and oxygen atoms in total. The summed E-state index contributed by atoms with van der Waals surface area (Å²) in [6, 6.07) is 11.0. The highest BCUT2D eigenvalue weighted by atomic mass is 32.2. The van der Waals surface area contributed by atoms with Gasteiger partial charge in [0.05, 0.1) is 29.1 Å². The second-order valence-corrected chi connectivity index (χ2v) is 10.2. The third kappa shape index (κ3) is 4.80. The minimum absolute atomic E-state index is 0.0716. The molecule has 0 spiro atoms.